The van der Waals surface area contributed by atoms with Crippen LogP contribution >= 0.6 is 0 Å². The van der Waals surface area contributed by atoms with Crippen molar-refractivity contribution in [1.29, 1.82) is 0 Å². The van der Waals surface area contributed by atoms with Gasteiger partial charge in [0.15, 0.2) is 0 Å². The van der Waals surface area contributed by atoms with E-state index in [-0.39, 0.29) is 0 Å². The maximum absolute atomic E-state index is 5.17. The Morgan fingerprint density at radius 3 is 2.50 bits per heavy atom. The summed E-state index contributed by atoms with van der Waals surface area (Å²) in [7, 11) is 4.36. The monoisotopic (exact) mass is 228 g/mol. The van der Waals surface area contributed by atoms with Gasteiger partial charge in [-0.05, 0) is 20.5 Å². The lowest BCUT2D eigenvalue weighted by molar-refractivity contribution is 0.0864. The molecule has 0 aromatic rings. The number of hydrogen-bond acceptors (Lipinski definition) is 5. The van der Waals surface area contributed by atoms with Gasteiger partial charge in [-0.3, -0.25) is 9.80 Å². The molecule has 2 aliphatic heterocycles. The maximum atomic E-state index is 5.17. The zero-order valence-electron chi connectivity index (χ0n) is 10.4. The summed E-state index contributed by atoms with van der Waals surface area (Å²) in [6.45, 7) is 6.59. The fourth-order valence-corrected chi connectivity index (χ4v) is 2.81. The first-order valence-electron chi connectivity index (χ1n) is 6.15. The number of hydrogen-bond donors (Lipinski definition) is 1. The Hall–Kier alpha value is -0.200. The summed E-state index contributed by atoms with van der Waals surface area (Å²) in [5.41, 5.74) is 0. The van der Waals surface area contributed by atoms with Crippen molar-refractivity contribution in [2.75, 3.05) is 53.4 Å². The van der Waals surface area contributed by atoms with Gasteiger partial charge in [0.05, 0.1) is 6.61 Å². The van der Waals surface area contributed by atoms with Crippen molar-refractivity contribution in [3.05, 3.63) is 0 Å². The highest BCUT2D eigenvalue weighted by Gasteiger charge is 2.33. The van der Waals surface area contributed by atoms with Gasteiger partial charge >= 0.3 is 0 Å². The Morgan fingerprint density at radius 2 is 1.88 bits per heavy atom. The first-order chi connectivity index (χ1) is 7.70. The number of rotatable bonds is 3. The Balaban J connectivity index is 1.83. The van der Waals surface area contributed by atoms with E-state index in [1.54, 1.807) is 0 Å². The molecule has 0 aliphatic carbocycles. The van der Waals surface area contributed by atoms with Crippen molar-refractivity contribution in [2.24, 2.45) is 5.90 Å². The zero-order valence-corrected chi connectivity index (χ0v) is 10.4. The molecular weight excluding hydrogens is 204 g/mol. The van der Waals surface area contributed by atoms with Crippen LogP contribution in [0, 0.1) is 0 Å². The molecule has 16 heavy (non-hydrogen) atoms. The summed E-state index contributed by atoms with van der Waals surface area (Å²) in [5.74, 6) is 5.17. The minimum Gasteiger partial charge on any atom is -0.304 e. The lowest BCUT2D eigenvalue weighted by atomic mass is 10.1. The Labute approximate surface area is 98.1 Å². The van der Waals surface area contributed by atoms with Gasteiger partial charge in [0.1, 0.15) is 0 Å². The van der Waals surface area contributed by atoms with Gasteiger partial charge in [0, 0.05) is 44.8 Å². The van der Waals surface area contributed by atoms with Gasteiger partial charge in [-0.2, -0.15) is 0 Å². The first kappa shape index (κ1) is 12.3. The van der Waals surface area contributed by atoms with Crippen LogP contribution in [0.4, 0.5) is 0 Å². The predicted octanol–water partition coefficient (Wildman–Crippen LogP) is -0.803. The topological polar surface area (TPSA) is 45.0 Å². The second-order valence-electron chi connectivity index (χ2n) is 5.16. The van der Waals surface area contributed by atoms with Gasteiger partial charge < -0.3 is 9.74 Å². The highest BCUT2D eigenvalue weighted by atomic mass is 16.6. The van der Waals surface area contributed by atoms with Crippen LogP contribution < -0.4 is 5.90 Å². The second kappa shape index (κ2) is 5.42. The van der Waals surface area contributed by atoms with E-state index in [1.165, 1.54) is 32.6 Å². The summed E-state index contributed by atoms with van der Waals surface area (Å²) in [4.78, 5) is 12.2. The predicted molar refractivity (Wildman–Crippen MR) is 64.0 cm³/mol. The van der Waals surface area contributed by atoms with Crippen LogP contribution in [-0.4, -0.2) is 80.2 Å². The average Bonchev–Trinajstić information content (AvgIpc) is 2.62. The minimum absolute atomic E-state index is 0.495. The fraction of sp³-hybridized carbons (Fsp3) is 1.00. The molecule has 2 atom stereocenters. The molecule has 5 nitrogen and oxygen atoms in total. The normalized spacial score (nSPS) is 34.7. The molecule has 2 aliphatic rings. The molecule has 1 unspecified atom stereocenters. The zero-order chi connectivity index (χ0) is 11.5. The fourth-order valence-electron chi connectivity index (χ4n) is 2.81. The Morgan fingerprint density at radius 1 is 1.19 bits per heavy atom. The summed E-state index contributed by atoms with van der Waals surface area (Å²) in [6.07, 6.45) is 1.19. The van der Waals surface area contributed by atoms with Crippen LogP contribution in [0.3, 0.4) is 0 Å². The number of nitrogens with two attached hydrogens (primary N) is 1. The molecule has 2 N–H and O–H groups in total. The Bertz CT molecular complexity index is 218. The molecule has 5 heteroatoms. The summed E-state index contributed by atoms with van der Waals surface area (Å²) < 4.78 is 0. The molecule has 0 aromatic heterocycles. The number of likely N-dealkylation sites (N-methyl/N-ethyl adjacent to an activating group) is 2. The molecule has 2 rings (SSSR count). The van der Waals surface area contributed by atoms with Crippen molar-refractivity contribution in [1.82, 2.24) is 14.7 Å². The third-order valence-electron chi connectivity index (χ3n) is 4.01. The van der Waals surface area contributed by atoms with Crippen LogP contribution in [0.2, 0.25) is 0 Å². The molecule has 2 heterocycles. The second-order valence-corrected chi connectivity index (χ2v) is 5.16. The van der Waals surface area contributed by atoms with E-state index in [1.807, 2.05) is 0 Å². The minimum atomic E-state index is 0.495. The molecule has 0 radical (unpaired) electrons. The van der Waals surface area contributed by atoms with E-state index >= 15 is 0 Å². The summed E-state index contributed by atoms with van der Waals surface area (Å²) in [5, 5.41) is 0. The third kappa shape index (κ3) is 2.73. The van der Waals surface area contributed by atoms with Crippen molar-refractivity contribution >= 4 is 0 Å². The summed E-state index contributed by atoms with van der Waals surface area (Å²) >= 11 is 0. The SMILES string of the molecule is CN1CCN([C@@H]2CC(CON)N(C)C2)CC1. The van der Waals surface area contributed by atoms with Gasteiger partial charge in [-0.1, -0.05) is 0 Å². The maximum Gasteiger partial charge on any atom is 0.0835 e. The first-order valence-corrected chi connectivity index (χ1v) is 6.15. The molecule has 94 valence electrons. The van der Waals surface area contributed by atoms with Gasteiger partial charge in [-0.15, -0.1) is 0 Å². The van der Waals surface area contributed by atoms with Gasteiger partial charge in [-0.25, -0.2) is 5.90 Å². The highest BCUT2D eigenvalue weighted by Crippen LogP contribution is 2.21. The highest BCUT2D eigenvalue weighted by molar-refractivity contribution is 4.90. The quantitative estimate of drug-likeness (QED) is 0.641. The van der Waals surface area contributed by atoms with Crippen LogP contribution in [0.25, 0.3) is 0 Å². The van der Waals surface area contributed by atoms with Crippen molar-refractivity contribution in [2.45, 2.75) is 18.5 Å². The number of piperazine rings is 1. The molecule has 2 saturated heterocycles. The van der Waals surface area contributed by atoms with E-state index in [4.69, 9.17) is 10.7 Å². The number of nitrogens with zero attached hydrogens (tertiary/aromatic N) is 3. The van der Waals surface area contributed by atoms with Crippen LogP contribution in [-0.2, 0) is 4.84 Å². The van der Waals surface area contributed by atoms with Crippen molar-refractivity contribution in [3.8, 4) is 0 Å². The lowest BCUT2D eigenvalue weighted by Gasteiger charge is -2.36. The molecule has 0 bridgehead atoms. The molecule has 0 saturated carbocycles. The lowest BCUT2D eigenvalue weighted by Crippen LogP contribution is -2.49. The molecule has 2 fully saturated rings. The molecular formula is C11H24N4O. The van der Waals surface area contributed by atoms with E-state index in [0.717, 1.165) is 6.54 Å². The number of likely N-dealkylation sites (tertiary alicyclic amines) is 1. The largest absolute Gasteiger partial charge is 0.304 e. The van der Waals surface area contributed by atoms with Gasteiger partial charge in [0.2, 0.25) is 0 Å². The standard InChI is InChI=1S/C11H24N4O/c1-13-3-5-15(6-4-13)10-7-11(9-16-12)14(2)8-10/h10-11H,3-9,12H2,1-2H3/t10-,11?/m1/s1. The van der Waals surface area contributed by atoms with E-state index in [0.29, 0.717) is 18.7 Å². The van der Waals surface area contributed by atoms with Crippen molar-refractivity contribution in [3.63, 3.8) is 0 Å². The van der Waals surface area contributed by atoms with E-state index in [9.17, 15) is 0 Å². The molecule has 0 spiro atoms. The molecule has 0 amide bonds. The summed E-state index contributed by atoms with van der Waals surface area (Å²) in [6, 6.07) is 1.19. The van der Waals surface area contributed by atoms with Crippen LogP contribution in [0.5, 0.6) is 0 Å². The molecule has 0 aromatic carbocycles. The van der Waals surface area contributed by atoms with Crippen LogP contribution in [0.1, 0.15) is 6.42 Å². The van der Waals surface area contributed by atoms with Crippen molar-refractivity contribution < 1.29 is 4.84 Å². The smallest absolute Gasteiger partial charge is 0.0835 e. The van der Waals surface area contributed by atoms with Crippen LogP contribution in [0.15, 0.2) is 0 Å². The Kier molecular flexibility index (Phi) is 4.16. The third-order valence-corrected chi connectivity index (χ3v) is 4.01. The van der Waals surface area contributed by atoms with Gasteiger partial charge in [0.25, 0.3) is 0 Å². The average molecular weight is 228 g/mol. The van der Waals surface area contributed by atoms with E-state index in [2.05, 4.69) is 28.8 Å². The van der Waals surface area contributed by atoms with E-state index < -0.39 is 0 Å².